The summed E-state index contributed by atoms with van der Waals surface area (Å²) < 4.78 is 31.9. The number of nitrogens with one attached hydrogen (secondary N) is 1. The number of aromatic nitrogens is 2. The zero-order valence-corrected chi connectivity index (χ0v) is 15.3. The fraction of sp³-hybridized carbons (Fsp3) is 0.438. The lowest BCUT2D eigenvalue weighted by atomic mass is 10.0. The monoisotopic (exact) mass is 380 g/mol. The molecule has 2 heterocycles. The Bertz CT molecular complexity index is 909. The van der Waals surface area contributed by atoms with Gasteiger partial charge in [0.05, 0.1) is 11.4 Å². The number of benzene rings is 1. The second-order valence-electron chi connectivity index (χ2n) is 6.09. The molecule has 1 saturated heterocycles. The van der Waals surface area contributed by atoms with Crippen molar-refractivity contribution in [2.75, 3.05) is 20.1 Å². The number of carbonyl (C=O) groups is 1. The molecule has 1 aromatic heterocycles. The number of carbonyl (C=O) groups excluding carboxylic acids is 1. The topological polar surface area (TPSA) is 126 Å². The third-order valence-corrected chi connectivity index (χ3v) is 6.24. The first kappa shape index (κ1) is 18.5. The zero-order chi connectivity index (χ0) is 18.9. The van der Waals surface area contributed by atoms with E-state index in [9.17, 15) is 18.3 Å². The normalized spacial score (nSPS) is 21.0. The van der Waals surface area contributed by atoms with E-state index in [0.29, 0.717) is 17.8 Å². The largest absolute Gasteiger partial charge is 0.379 e. The zero-order valence-electron chi connectivity index (χ0n) is 14.5. The van der Waals surface area contributed by atoms with Crippen molar-refractivity contribution in [1.29, 1.82) is 0 Å². The number of β-amino-alcohol motifs (C(OH)–C–C–N with tert-alkyl or cyclic N) is 1. The van der Waals surface area contributed by atoms with Crippen molar-refractivity contribution in [3.05, 3.63) is 41.5 Å². The molecule has 0 bridgehead atoms. The minimum Gasteiger partial charge on any atom is -0.379 e. The van der Waals surface area contributed by atoms with Crippen LogP contribution in [0.3, 0.4) is 0 Å². The van der Waals surface area contributed by atoms with Gasteiger partial charge in [-0.3, -0.25) is 4.79 Å². The van der Waals surface area contributed by atoms with Gasteiger partial charge in [-0.1, -0.05) is 12.1 Å². The molecule has 1 aliphatic heterocycles. The average molecular weight is 380 g/mol. The second kappa shape index (κ2) is 6.78. The summed E-state index contributed by atoms with van der Waals surface area (Å²) in [6.07, 6.45) is 0.715. The molecule has 9 nitrogen and oxygen atoms in total. The highest BCUT2D eigenvalue weighted by molar-refractivity contribution is 7.89. The molecular formula is C16H20N4O5S. The molecule has 0 aliphatic carbocycles. The van der Waals surface area contributed by atoms with Crippen LogP contribution in [0.25, 0.3) is 0 Å². The lowest BCUT2D eigenvalue weighted by Crippen LogP contribution is -2.34. The molecule has 2 N–H and O–H groups in total. The van der Waals surface area contributed by atoms with E-state index < -0.39 is 15.6 Å². The Balaban J connectivity index is 1.81. The maximum Gasteiger partial charge on any atom is 0.260 e. The molecule has 1 aliphatic rings. The molecule has 10 heteroatoms. The van der Waals surface area contributed by atoms with Crippen LogP contribution in [-0.4, -0.2) is 54.0 Å². The molecule has 0 saturated carbocycles. The highest BCUT2D eigenvalue weighted by Crippen LogP contribution is 2.34. The third-order valence-electron chi connectivity index (χ3n) is 4.38. The van der Waals surface area contributed by atoms with Crippen LogP contribution in [-0.2, 0) is 22.0 Å². The van der Waals surface area contributed by atoms with Gasteiger partial charge in [0.15, 0.2) is 11.4 Å². The Morgan fingerprint density at radius 2 is 2.08 bits per heavy atom. The van der Waals surface area contributed by atoms with Crippen molar-refractivity contribution >= 4 is 15.9 Å². The Labute approximate surface area is 151 Å². The molecule has 0 radical (unpaired) electrons. The van der Waals surface area contributed by atoms with Crippen LogP contribution in [0.5, 0.6) is 0 Å². The van der Waals surface area contributed by atoms with Gasteiger partial charge >= 0.3 is 0 Å². The SMILES string of the molecule is CCc1noc([C@]2(O)CCN(S(=O)(=O)c3ccc(C(=O)NC)cc3)C2)n1. The summed E-state index contributed by atoms with van der Waals surface area (Å²) in [5, 5.41) is 17.0. The van der Waals surface area contributed by atoms with Crippen LogP contribution >= 0.6 is 0 Å². The Morgan fingerprint density at radius 1 is 1.38 bits per heavy atom. The number of sulfonamides is 1. The number of hydrogen-bond acceptors (Lipinski definition) is 7. The van der Waals surface area contributed by atoms with Crippen molar-refractivity contribution in [2.24, 2.45) is 0 Å². The summed E-state index contributed by atoms with van der Waals surface area (Å²) >= 11 is 0. The summed E-state index contributed by atoms with van der Waals surface area (Å²) in [7, 11) is -2.31. The number of aliphatic hydroxyl groups is 1. The smallest absolute Gasteiger partial charge is 0.260 e. The first-order chi connectivity index (χ1) is 12.3. The molecule has 1 fully saturated rings. The van der Waals surface area contributed by atoms with Crippen molar-refractivity contribution in [2.45, 2.75) is 30.3 Å². The second-order valence-corrected chi connectivity index (χ2v) is 8.03. The number of hydrogen-bond donors (Lipinski definition) is 2. The molecule has 1 aromatic carbocycles. The molecule has 3 rings (SSSR count). The Kier molecular flexibility index (Phi) is 4.82. The van der Waals surface area contributed by atoms with Crippen molar-refractivity contribution in [3.8, 4) is 0 Å². The van der Waals surface area contributed by atoms with Gasteiger partial charge in [0.25, 0.3) is 11.8 Å². The van der Waals surface area contributed by atoms with Gasteiger partial charge in [-0.2, -0.15) is 9.29 Å². The molecule has 1 atom stereocenters. The van der Waals surface area contributed by atoms with E-state index in [1.165, 1.54) is 35.6 Å². The van der Waals surface area contributed by atoms with Crippen molar-refractivity contribution in [1.82, 2.24) is 19.8 Å². The van der Waals surface area contributed by atoms with E-state index in [-0.39, 0.29) is 36.2 Å². The number of amides is 1. The Hall–Kier alpha value is -2.30. The standard InChI is InChI=1S/C16H20N4O5S/c1-3-13-18-15(25-19-13)16(22)8-9-20(10-16)26(23,24)12-6-4-11(5-7-12)14(21)17-2/h4-7,22H,3,8-10H2,1-2H3,(H,17,21)/t16-/m0/s1. The van der Waals surface area contributed by atoms with Gasteiger partial charge in [-0.05, 0) is 24.3 Å². The number of rotatable bonds is 5. The van der Waals surface area contributed by atoms with E-state index in [1.807, 2.05) is 6.92 Å². The van der Waals surface area contributed by atoms with E-state index in [1.54, 1.807) is 0 Å². The lowest BCUT2D eigenvalue weighted by molar-refractivity contribution is 0.0194. The van der Waals surface area contributed by atoms with E-state index in [2.05, 4.69) is 15.5 Å². The summed E-state index contributed by atoms with van der Waals surface area (Å²) in [6, 6.07) is 5.64. The van der Waals surface area contributed by atoms with Crippen LogP contribution in [0.4, 0.5) is 0 Å². The molecule has 0 spiro atoms. The van der Waals surface area contributed by atoms with Crippen molar-refractivity contribution < 1.29 is 22.8 Å². The van der Waals surface area contributed by atoms with Gasteiger partial charge < -0.3 is 14.9 Å². The summed E-state index contributed by atoms with van der Waals surface area (Å²) in [4.78, 5) is 15.7. The summed E-state index contributed by atoms with van der Waals surface area (Å²) in [5.41, 5.74) is -1.14. The van der Waals surface area contributed by atoms with Crippen LogP contribution < -0.4 is 5.32 Å². The highest BCUT2D eigenvalue weighted by Gasteiger charge is 2.46. The number of aryl methyl sites for hydroxylation is 1. The van der Waals surface area contributed by atoms with Crippen LogP contribution in [0.2, 0.25) is 0 Å². The summed E-state index contributed by atoms with van der Waals surface area (Å²) in [6.45, 7) is 1.81. The van der Waals surface area contributed by atoms with Crippen LogP contribution in [0.1, 0.15) is 35.4 Å². The van der Waals surface area contributed by atoms with Crippen molar-refractivity contribution in [3.63, 3.8) is 0 Å². The third kappa shape index (κ3) is 3.22. The van der Waals surface area contributed by atoms with Gasteiger partial charge in [0, 0.05) is 32.0 Å². The maximum atomic E-state index is 12.8. The highest BCUT2D eigenvalue weighted by atomic mass is 32.2. The average Bonchev–Trinajstić information content (AvgIpc) is 3.29. The first-order valence-corrected chi connectivity index (χ1v) is 9.62. The quantitative estimate of drug-likeness (QED) is 0.763. The fourth-order valence-electron chi connectivity index (χ4n) is 2.80. The molecule has 26 heavy (non-hydrogen) atoms. The van der Waals surface area contributed by atoms with Gasteiger partial charge in [0.2, 0.25) is 10.0 Å². The van der Waals surface area contributed by atoms with Gasteiger partial charge in [0.1, 0.15) is 0 Å². The summed E-state index contributed by atoms with van der Waals surface area (Å²) in [5.74, 6) is 0.189. The molecule has 1 amide bonds. The van der Waals surface area contributed by atoms with Gasteiger partial charge in [-0.25, -0.2) is 8.42 Å². The van der Waals surface area contributed by atoms with E-state index >= 15 is 0 Å². The fourth-order valence-corrected chi connectivity index (χ4v) is 4.29. The maximum absolute atomic E-state index is 12.8. The predicted octanol–water partition coefficient (Wildman–Crippen LogP) is 0.274. The van der Waals surface area contributed by atoms with Crippen LogP contribution in [0.15, 0.2) is 33.7 Å². The molecule has 0 unspecified atom stereocenters. The lowest BCUT2D eigenvalue weighted by Gasteiger charge is -2.19. The minimum absolute atomic E-state index is 0.0296. The van der Waals surface area contributed by atoms with E-state index in [4.69, 9.17) is 4.52 Å². The van der Waals surface area contributed by atoms with Crippen LogP contribution in [0, 0.1) is 0 Å². The van der Waals surface area contributed by atoms with E-state index in [0.717, 1.165) is 0 Å². The number of nitrogens with zero attached hydrogens (tertiary/aromatic N) is 3. The molecule has 2 aromatic rings. The molecule has 140 valence electrons. The Morgan fingerprint density at radius 3 is 2.65 bits per heavy atom. The van der Waals surface area contributed by atoms with Gasteiger partial charge in [-0.15, -0.1) is 0 Å². The first-order valence-electron chi connectivity index (χ1n) is 8.18. The minimum atomic E-state index is -3.81. The predicted molar refractivity (Wildman–Crippen MR) is 90.8 cm³/mol. The molecular weight excluding hydrogens is 360 g/mol.